The number of likely N-dealkylation sites (tertiary alicyclic amines) is 1. The third kappa shape index (κ3) is 6.74. The summed E-state index contributed by atoms with van der Waals surface area (Å²) in [6, 6.07) is 16.7. The number of anilines is 1. The van der Waals surface area contributed by atoms with Crippen LogP contribution in [0, 0.1) is 5.92 Å². The molecule has 8 heteroatoms. The Labute approximate surface area is 181 Å². The Morgan fingerprint density at radius 3 is 2.48 bits per heavy atom. The van der Waals surface area contributed by atoms with Crippen LogP contribution in [0.1, 0.15) is 18.4 Å². The minimum Gasteiger partial charge on any atom is -0.497 e. The third-order valence-corrected chi connectivity index (χ3v) is 5.21. The molecule has 1 heterocycles. The first kappa shape index (κ1) is 22.1. The highest BCUT2D eigenvalue weighted by molar-refractivity contribution is 5.86. The minimum atomic E-state index is -0.364. The van der Waals surface area contributed by atoms with Gasteiger partial charge in [0.05, 0.1) is 26.0 Å². The Bertz CT molecular complexity index is 886. The predicted molar refractivity (Wildman–Crippen MR) is 117 cm³/mol. The van der Waals surface area contributed by atoms with E-state index in [9.17, 15) is 14.4 Å². The molecule has 1 aliphatic heterocycles. The number of carbonyl (C=O) groups excluding carboxylic acids is 3. The number of nitrogens with zero attached hydrogens (tertiary/aromatic N) is 1. The van der Waals surface area contributed by atoms with Crippen molar-refractivity contribution in [1.29, 1.82) is 0 Å². The van der Waals surface area contributed by atoms with Gasteiger partial charge in [0, 0.05) is 18.8 Å². The molecule has 0 aliphatic carbocycles. The van der Waals surface area contributed by atoms with Crippen molar-refractivity contribution in [2.75, 3.05) is 32.1 Å². The van der Waals surface area contributed by atoms with Crippen molar-refractivity contribution in [2.24, 2.45) is 5.92 Å². The number of hydrazine groups is 1. The van der Waals surface area contributed by atoms with Crippen LogP contribution >= 0.6 is 0 Å². The van der Waals surface area contributed by atoms with Crippen molar-refractivity contribution in [3.05, 3.63) is 60.2 Å². The van der Waals surface area contributed by atoms with Gasteiger partial charge in [0.1, 0.15) is 5.75 Å². The van der Waals surface area contributed by atoms with Gasteiger partial charge >= 0.3 is 0 Å². The second-order valence-corrected chi connectivity index (χ2v) is 7.46. The van der Waals surface area contributed by atoms with Crippen molar-refractivity contribution in [3.63, 3.8) is 0 Å². The maximum atomic E-state index is 12.6. The Morgan fingerprint density at radius 2 is 1.77 bits per heavy atom. The summed E-state index contributed by atoms with van der Waals surface area (Å²) in [5.74, 6) is -0.252. The summed E-state index contributed by atoms with van der Waals surface area (Å²) in [5.41, 5.74) is 6.63. The van der Waals surface area contributed by atoms with Crippen LogP contribution in [0.15, 0.2) is 54.6 Å². The number of methoxy groups -OCH3 is 1. The van der Waals surface area contributed by atoms with E-state index >= 15 is 0 Å². The Balaban J connectivity index is 1.40. The van der Waals surface area contributed by atoms with E-state index in [4.69, 9.17) is 4.74 Å². The molecule has 1 unspecified atom stereocenters. The van der Waals surface area contributed by atoms with E-state index in [1.54, 1.807) is 36.3 Å². The fourth-order valence-corrected chi connectivity index (χ4v) is 3.47. The van der Waals surface area contributed by atoms with Gasteiger partial charge in [-0.05, 0) is 42.7 Å². The predicted octanol–water partition coefficient (Wildman–Crippen LogP) is 1.74. The Hall–Kier alpha value is -3.55. The van der Waals surface area contributed by atoms with Crippen molar-refractivity contribution in [1.82, 2.24) is 15.8 Å². The lowest BCUT2D eigenvalue weighted by Crippen LogP contribution is -2.51. The molecule has 8 nitrogen and oxygen atoms in total. The van der Waals surface area contributed by atoms with Crippen LogP contribution in [0.3, 0.4) is 0 Å². The van der Waals surface area contributed by atoms with Gasteiger partial charge in [0.2, 0.25) is 11.8 Å². The summed E-state index contributed by atoms with van der Waals surface area (Å²) in [7, 11) is 1.59. The second-order valence-electron chi connectivity index (χ2n) is 7.46. The lowest BCUT2D eigenvalue weighted by Gasteiger charge is -2.32. The highest BCUT2D eigenvalue weighted by atomic mass is 16.5. The maximum absolute atomic E-state index is 12.6. The number of benzene rings is 2. The lowest BCUT2D eigenvalue weighted by atomic mass is 9.97. The number of rotatable bonds is 7. The molecule has 0 saturated carbocycles. The summed E-state index contributed by atoms with van der Waals surface area (Å²) in [6.45, 7) is 1.02. The number of ether oxygens (including phenoxy) is 1. The van der Waals surface area contributed by atoms with Gasteiger partial charge < -0.3 is 15.0 Å². The topological polar surface area (TPSA) is 99.8 Å². The van der Waals surface area contributed by atoms with E-state index < -0.39 is 0 Å². The molecule has 0 bridgehead atoms. The van der Waals surface area contributed by atoms with Crippen LogP contribution in [0.4, 0.5) is 5.69 Å². The summed E-state index contributed by atoms with van der Waals surface area (Å²) in [4.78, 5) is 38.8. The molecule has 2 aromatic rings. The molecule has 3 amide bonds. The normalized spacial score (nSPS) is 15.6. The number of hydrogen-bond acceptors (Lipinski definition) is 5. The average molecular weight is 425 g/mol. The largest absolute Gasteiger partial charge is 0.497 e. The van der Waals surface area contributed by atoms with Crippen LogP contribution in [0.25, 0.3) is 0 Å². The molecule has 2 aromatic carbocycles. The molecule has 0 aromatic heterocycles. The molecule has 1 aliphatic rings. The minimum absolute atomic E-state index is 0.0106. The molecule has 31 heavy (non-hydrogen) atoms. The zero-order chi connectivity index (χ0) is 22.1. The number of hydrogen-bond donors (Lipinski definition) is 3. The van der Waals surface area contributed by atoms with E-state index in [-0.39, 0.29) is 30.2 Å². The number of carbonyl (C=O) groups is 3. The summed E-state index contributed by atoms with van der Waals surface area (Å²) in [5, 5.41) is 2.97. The monoisotopic (exact) mass is 424 g/mol. The maximum Gasteiger partial charge on any atom is 0.257 e. The first-order chi connectivity index (χ1) is 15.0. The smallest absolute Gasteiger partial charge is 0.257 e. The number of amides is 3. The van der Waals surface area contributed by atoms with Crippen LogP contribution in [0.5, 0.6) is 5.75 Å². The van der Waals surface area contributed by atoms with Crippen LogP contribution in [0.2, 0.25) is 0 Å². The van der Waals surface area contributed by atoms with E-state index in [1.165, 1.54) is 0 Å². The van der Waals surface area contributed by atoms with E-state index in [1.807, 2.05) is 30.3 Å². The van der Waals surface area contributed by atoms with Gasteiger partial charge in [0.15, 0.2) is 0 Å². The van der Waals surface area contributed by atoms with Crippen LogP contribution in [-0.4, -0.2) is 49.4 Å². The summed E-state index contributed by atoms with van der Waals surface area (Å²) in [6.07, 6.45) is 1.76. The fourth-order valence-electron chi connectivity index (χ4n) is 3.47. The average Bonchev–Trinajstić information content (AvgIpc) is 2.82. The van der Waals surface area contributed by atoms with Crippen LogP contribution in [-0.2, 0) is 20.8 Å². The molecule has 1 atom stereocenters. The van der Waals surface area contributed by atoms with E-state index in [0.29, 0.717) is 25.9 Å². The zero-order valence-electron chi connectivity index (χ0n) is 17.6. The lowest BCUT2D eigenvalue weighted by molar-refractivity contribution is -0.136. The molecule has 1 saturated heterocycles. The molecule has 1 fully saturated rings. The van der Waals surface area contributed by atoms with Crippen LogP contribution < -0.4 is 20.9 Å². The van der Waals surface area contributed by atoms with Gasteiger partial charge in [-0.1, -0.05) is 30.3 Å². The molecular formula is C23H28N4O4. The van der Waals surface area contributed by atoms with E-state index in [0.717, 1.165) is 23.4 Å². The van der Waals surface area contributed by atoms with Gasteiger partial charge in [-0.2, -0.15) is 0 Å². The van der Waals surface area contributed by atoms with Crippen molar-refractivity contribution < 1.29 is 19.1 Å². The van der Waals surface area contributed by atoms with Gasteiger partial charge in [-0.25, -0.2) is 0 Å². The third-order valence-electron chi connectivity index (χ3n) is 5.21. The fraction of sp³-hybridized carbons (Fsp3) is 0.348. The zero-order valence-corrected chi connectivity index (χ0v) is 17.6. The van der Waals surface area contributed by atoms with Gasteiger partial charge in [-0.15, -0.1) is 0 Å². The van der Waals surface area contributed by atoms with Gasteiger partial charge in [-0.3, -0.25) is 25.2 Å². The highest BCUT2D eigenvalue weighted by Gasteiger charge is 2.28. The van der Waals surface area contributed by atoms with E-state index in [2.05, 4.69) is 16.2 Å². The first-order valence-electron chi connectivity index (χ1n) is 10.3. The molecule has 0 radical (unpaired) electrons. The second kappa shape index (κ2) is 11.0. The highest BCUT2D eigenvalue weighted by Crippen LogP contribution is 2.18. The van der Waals surface area contributed by atoms with Crippen molar-refractivity contribution >= 4 is 23.4 Å². The Kier molecular flexibility index (Phi) is 7.86. The number of piperidine rings is 1. The van der Waals surface area contributed by atoms with Crippen molar-refractivity contribution in [2.45, 2.75) is 19.3 Å². The molecule has 3 rings (SSSR count). The quantitative estimate of drug-likeness (QED) is 0.588. The molecule has 164 valence electrons. The number of nitrogens with one attached hydrogen (secondary N) is 3. The van der Waals surface area contributed by atoms with Gasteiger partial charge in [0.25, 0.3) is 5.91 Å². The molecule has 0 spiro atoms. The Morgan fingerprint density at radius 1 is 1.03 bits per heavy atom. The molecular weight excluding hydrogens is 396 g/mol. The summed E-state index contributed by atoms with van der Waals surface area (Å²) >= 11 is 0. The standard InChI is InChI=1S/C23H28N4O4/c1-31-20-11-9-19(10-12-20)24-15-21(28)25-26-23(30)18-8-5-13-27(16-18)22(29)14-17-6-3-2-4-7-17/h2-4,6-7,9-12,18,24H,5,8,13-16H2,1H3,(H,25,28)(H,26,30). The molecule has 3 N–H and O–H groups in total. The SMILES string of the molecule is COc1ccc(NCC(=O)NNC(=O)C2CCCN(C(=O)Cc3ccccc3)C2)cc1. The first-order valence-corrected chi connectivity index (χ1v) is 10.3. The summed E-state index contributed by atoms with van der Waals surface area (Å²) < 4.78 is 5.09. The van der Waals surface area contributed by atoms with Crippen molar-refractivity contribution in [3.8, 4) is 5.75 Å².